The van der Waals surface area contributed by atoms with Gasteiger partial charge >= 0.3 is 0 Å². The third-order valence-corrected chi connectivity index (χ3v) is 2.32. The maximum Gasteiger partial charge on any atom is 0.136 e. The molecule has 1 aliphatic heterocycles. The van der Waals surface area contributed by atoms with E-state index in [1.807, 2.05) is 24.3 Å². The Morgan fingerprint density at radius 1 is 1.46 bits per heavy atom. The Labute approximate surface area is 76.7 Å². The van der Waals surface area contributed by atoms with E-state index in [4.69, 9.17) is 15.7 Å². The molecule has 1 aromatic rings. The molecule has 13 heavy (non-hydrogen) atoms. The van der Waals surface area contributed by atoms with E-state index in [0.717, 1.165) is 11.3 Å². The van der Waals surface area contributed by atoms with Crippen molar-refractivity contribution in [2.75, 3.05) is 6.61 Å². The minimum Gasteiger partial charge on any atom is -0.493 e. The van der Waals surface area contributed by atoms with Crippen LogP contribution in [0, 0.1) is 11.3 Å². The number of fused-ring (bicyclic) bond motifs is 1. The number of hydrogen-bond donors (Lipinski definition) is 1. The predicted octanol–water partition coefficient (Wildman–Crippen LogP) is 1.15. The summed E-state index contributed by atoms with van der Waals surface area (Å²) in [5, 5.41) is 8.97. The van der Waals surface area contributed by atoms with Crippen molar-refractivity contribution in [1.29, 1.82) is 5.26 Å². The molecule has 1 heterocycles. The molecule has 3 heteroatoms. The molecule has 2 N–H and O–H groups in total. The molecule has 2 rings (SSSR count). The zero-order valence-corrected chi connectivity index (χ0v) is 7.16. The summed E-state index contributed by atoms with van der Waals surface area (Å²) in [7, 11) is 0. The van der Waals surface area contributed by atoms with Crippen LogP contribution in [0.15, 0.2) is 24.3 Å². The van der Waals surface area contributed by atoms with Gasteiger partial charge in [-0.1, -0.05) is 18.2 Å². The van der Waals surface area contributed by atoms with Crippen LogP contribution in [0.1, 0.15) is 12.0 Å². The smallest absolute Gasteiger partial charge is 0.136 e. The lowest BCUT2D eigenvalue weighted by molar-refractivity contribution is 0.245. The van der Waals surface area contributed by atoms with E-state index in [1.165, 1.54) is 0 Å². The zero-order chi connectivity index (χ0) is 9.31. The number of nitrogens with two attached hydrogens (primary N) is 1. The first-order chi connectivity index (χ1) is 6.26. The van der Waals surface area contributed by atoms with Crippen LogP contribution in [0.4, 0.5) is 0 Å². The van der Waals surface area contributed by atoms with E-state index in [1.54, 1.807) is 0 Å². The molecule has 3 nitrogen and oxygen atoms in total. The van der Waals surface area contributed by atoms with Gasteiger partial charge in [-0.3, -0.25) is 0 Å². The highest BCUT2D eigenvalue weighted by Gasteiger charge is 2.33. The van der Waals surface area contributed by atoms with Gasteiger partial charge < -0.3 is 10.5 Å². The Bertz CT molecular complexity index is 369. The van der Waals surface area contributed by atoms with Crippen molar-refractivity contribution in [2.24, 2.45) is 5.73 Å². The van der Waals surface area contributed by atoms with E-state index in [2.05, 4.69) is 6.07 Å². The summed E-state index contributed by atoms with van der Waals surface area (Å²) in [6.45, 7) is 0.515. The van der Waals surface area contributed by atoms with Crippen LogP contribution in [0.25, 0.3) is 0 Å². The Kier molecular flexibility index (Phi) is 1.71. The first kappa shape index (κ1) is 8.09. The summed E-state index contributed by atoms with van der Waals surface area (Å²) in [6, 6.07) is 9.56. The summed E-state index contributed by atoms with van der Waals surface area (Å²) >= 11 is 0. The summed E-state index contributed by atoms with van der Waals surface area (Å²) < 4.78 is 5.39. The summed E-state index contributed by atoms with van der Waals surface area (Å²) in [6.07, 6.45) is 0.556. The van der Waals surface area contributed by atoms with Gasteiger partial charge in [-0.15, -0.1) is 0 Å². The Morgan fingerprint density at radius 3 is 3.00 bits per heavy atom. The average molecular weight is 174 g/mol. The molecule has 0 amide bonds. The van der Waals surface area contributed by atoms with Crippen molar-refractivity contribution in [1.82, 2.24) is 0 Å². The van der Waals surface area contributed by atoms with Crippen LogP contribution >= 0.6 is 0 Å². The highest BCUT2D eigenvalue weighted by Crippen LogP contribution is 2.34. The average Bonchev–Trinajstić information content (AvgIpc) is 2.19. The number of benzene rings is 1. The fraction of sp³-hybridized carbons (Fsp3) is 0.300. The van der Waals surface area contributed by atoms with Crippen molar-refractivity contribution < 1.29 is 4.74 Å². The lowest BCUT2D eigenvalue weighted by Crippen LogP contribution is -2.39. The highest BCUT2D eigenvalue weighted by atomic mass is 16.5. The first-order valence-corrected chi connectivity index (χ1v) is 4.19. The number of hydrogen-bond acceptors (Lipinski definition) is 3. The van der Waals surface area contributed by atoms with Gasteiger partial charge in [-0.05, 0) is 6.07 Å². The number of nitrogens with zero attached hydrogens (tertiary/aromatic N) is 1. The number of ether oxygens (including phenoxy) is 1. The van der Waals surface area contributed by atoms with E-state index >= 15 is 0 Å². The van der Waals surface area contributed by atoms with Gasteiger partial charge in [0.05, 0.1) is 12.7 Å². The second-order valence-electron chi connectivity index (χ2n) is 3.18. The van der Waals surface area contributed by atoms with E-state index < -0.39 is 5.54 Å². The van der Waals surface area contributed by atoms with Gasteiger partial charge in [0.2, 0.25) is 0 Å². The molecule has 0 aliphatic carbocycles. The molecule has 66 valence electrons. The van der Waals surface area contributed by atoms with Crippen LogP contribution in [0.2, 0.25) is 0 Å². The van der Waals surface area contributed by atoms with Gasteiger partial charge in [0.25, 0.3) is 0 Å². The fourth-order valence-electron chi connectivity index (χ4n) is 1.53. The molecular weight excluding hydrogens is 164 g/mol. The first-order valence-electron chi connectivity index (χ1n) is 4.19. The van der Waals surface area contributed by atoms with Crippen LogP contribution < -0.4 is 10.5 Å². The summed E-state index contributed by atoms with van der Waals surface area (Å²) in [5.74, 6) is 0.734. The van der Waals surface area contributed by atoms with Crippen molar-refractivity contribution in [2.45, 2.75) is 12.0 Å². The molecule has 0 saturated heterocycles. The Morgan fingerprint density at radius 2 is 2.23 bits per heavy atom. The minimum atomic E-state index is -0.866. The fourth-order valence-corrected chi connectivity index (χ4v) is 1.53. The lowest BCUT2D eigenvalue weighted by atomic mass is 9.87. The summed E-state index contributed by atoms with van der Waals surface area (Å²) in [4.78, 5) is 0. The predicted molar refractivity (Wildman–Crippen MR) is 48.0 cm³/mol. The molecule has 1 aliphatic rings. The van der Waals surface area contributed by atoms with Gasteiger partial charge in [0.1, 0.15) is 11.3 Å². The minimum absolute atomic E-state index is 0.515. The van der Waals surface area contributed by atoms with Crippen molar-refractivity contribution in [3.63, 3.8) is 0 Å². The molecule has 0 saturated carbocycles. The third kappa shape index (κ3) is 1.16. The van der Waals surface area contributed by atoms with Crippen molar-refractivity contribution >= 4 is 0 Å². The van der Waals surface area contributed by atoms with E-state index in [0.29, 0.717) is 13.0 Å². The molecule has 0 aromatic heterocycles. The van der Waals surface area contributed by atoms with E-state index in [-0.39, 0.29) is 0 Å². The van der Waals surface area contributed by atoms with Crippen LogP contribution in [0.3, 0.4) is 0 Å². The quantitative estimate of drug-likeness (QED) is 0.641. The van der Waals surface area contributed by atoms with Crippen LogP contribution in [0.5, 0.6) is 5.75 Å². The third-order valence-electron chi connectivity index (χ3n) is 2.32. The van der Waals surface area contributed by atoms with Crippen LogP contribution in [-0.4, -0.2) is 6.61 Å². The standard InChI is InChI=1S/C10H10N2O/c11-7-10(12)5-6-13-9-4-2-1-3-8(9)10/h1-4H,5-6,12H2. The maximum atomic E-state index is 8.97. The normalized spacial score (nSPS) is 25.5. The molecule has 0 spiro atoms. The zero-order valence-electron chi connectivity index (χ0n) is 7.16. The maximum absolute atomic E-state index is 8.97. The summed E-state index contributed by atoms with van der Waals surface area (Å²) in [5.41, 5.74) is 5.86. The topological polar surface area (TPSA) is 59.0 Å². The Balaban J connectivity index is 2.56. The van der Waals surface area contributed by atoms with Gasteiger partial charge in [-0.2, -0.15) is 5.26 Å². The highest BCUT2D eigenvalue weighted by molar-refractivity contribution is 5.44. The largest absolute Gasteiger partial charge is 0.493 e. The van der Waals surface area contributed by atoms with Gasteiger partial charge in [0, 0.05) is 12.0 Å². The molecule has 1 atom stereocenters. The molecule has 1 unspecified atom stereocenters. The van der Waals surface area contributed by atoms with Crippen molar-refractivity contribution in [3.05, 3.63) is 29.8 Å². The lowest BCUT2D eigenvalue weighted by Gasteiger charge is -2.29. The molecule has 0 radical (unpaired) electrons. The second kappa shape index (κ2) is 2.75. The molecule has 0 fully saturated rings. The van der Waals surface area contributed by atoms with Crippen LogP contribution in [-0.2, 0) is 5.54 Å². The number of rotatable bonds is 0. The molecule has 0 bridgehead atoms. The number of nitriles is 1. The monoisotopic (exact) mass is 174 g/mol. The number of para-hydroxylation sites is 1. The molecule has 1 aromatic carbocycles. The van der Waals surface area contributed by atoms with Crippen molar-refractivity contribution in [3.8, 4) is 11.8 Å². The second-order valence-corrected chi connectivity index (χ2v) is 3.18. The Hall–Kier alpha value is -1.53. The SMILES string of the molecule is N#CC1(N)CCOc2ccccc21. The van der Waals surface area contributed by atoms with Gasteiger partial charge in [0.15, 0.2) is 0 Å². The van der Waals surface area contributed by atoms with E-state index in [9.17, 15) is 0 Å². The van der Waals surface area contributed by atoms with Gasteiger partial charge in [-0.25, -0.2) is 0 Å². The molecular formula is C10H10N2O.